The third-order valence-corrected chi connectivity index (χ3v) is 3.49. The van der Waals surface area contributed by atoms with Crippen molar-refractivity contribution in [2.75, 3.05) is 25.2 Å². The molecule has 14 heavy (non-hydrogen) atoms. The SMILES string of the molecule is CNS(=O)(=O)CCNC(=O)C(C)CCl. The van der Waals surface area contributed by atoms with Crippen LogP contribution in [0.3, 0.4) is 0 Å². The van der Waals surface area contributed by atoms with Crippen molar-refractivity contribution in [3.05, 3.63) is 0 Å². The lowest BCUT2D eigenvalue weighted by molar-refractivity contribution is -0.123. The van der Waals surface area contributed by atoms with Gasteiger partial charge in [0, 0.05) is 18.3 Å². The van der Waals surface area contributed by atoms with Crippen LogP contribution in [-0.2, 0) is 14.8 Å². The molecule has 0 aliphatic carbocycles. The van der Waals surface area contributed by atoms with Gasteiger partial charge in [0.1, 0.15) is 0 Å². The van der Waals surface area contributed by atoms with E-state index in [1.54, 1.807) is 6.92 Å². The molecule has 0 saturated heterocycles. The summed E-state index contributed by atoms with van der Waals surface area (Å²) < 4.78 is 24.0. The smallest absolute Gasteiger partial charge is 0.224 e. The van der Waals surface area contributed by atoms with E-state index in [0.29, 0.717) is 0 Å². The van der Waals surface area contributed by atoms with Gasteiger partial charge in [-0.3, -0.25) is 4.79 Å². The summed E-state index contributed by atoms with van der Waals surface area (Å²) in [6, 6.07) is 0. The van der Waals surface area contributed by atoms with Crippen LogP contribution in [0.5, 0.6) is 0 Å². The maximum absolute atomic E-state index is 11.1. The van der Waals surface area contributed by atoms with E-state index in [-0.39, 0.29) is 30.0 Å². The second-order valence-corrected chi connectivity index (χ2v) is 5.22. The van der Waals surface area contributed by atoms with Crippen molar-refractivity contribution in [2.24, 2.45) is 5.92 Å². The molecule has 0 rings (SSSR count). The highest BCUT2D eigenvalue weighted by Crippen LogP contribution is 1.96. The van der Waals surface area contributed by atoms with Crippen LogP contribution in [0.25, 0.3) is 0 Å². The predicted octanol–water partition coefficient (Wildman–Crippen LogP) is -0.473. The van der Waals surface area contributed by atoms with E-state index in [1.807, 2.05) is 0 Å². The zero-order valence-corrected chi connectivity index (χ0v) is 9.78. The zero-order valence-electron chi connectivity index (χ0n) is 8.21. The molecule has 0 spiro atoms. The Hall–Kier alpha value is -0.330. The highest BCUT2D eigenvalue weighted by Gasteiger charge is 2.12. The van der Waals surface area contributed by atoms with Crippen molar-refractivity contribution >= 4 is 27.5 Å². The molecule has 84 valence electrons. The minimum atomic E-state index is -3.25. The highest BCUT2D eigenvalue weighted by atomic mass is 35.5. The van der Waals surface area contributed by atoms with E-state index in [2.05, 4.69) is 10.0 Å². The molecule has 1 amide bonds. The summed E-state index contributed by atoms with van der Waals surface area (Å²) in [6.07, 6.45) is 0. The molecule has 0 aliphatic heterocycles. The summed E-state index contributed by atoms with van der Waals surface area (Å²) in [5, 5.41) is 2.48. The molecule has 5 nitrogen and oxygen atoms in total. The Balaban J connectivity index is 3.81. The molecule has 1 atom stereocenters. The van der Waals surface area contributed by atoms with Crippen LogP contribution in [0.4, 0.5) is 0 Å². The average molecular weight is 243 g/mol. The molecular weight excluding hydrogens is 228 g/mol. The van der Waals surface area contributed by atoms with Crippen LogP contribution < -0.4 is 10.0 Å². The second kappa shape index (κ2) is 6.21. The first-order chi connectivity index (χ1) is 6.43. The summed E-state index contributed by atoms with van der Waals surface area (Å²) in [5.41, 5.74) is 0. The maximum Gasteiger partial charge on any atom is 0.224 e. The molecule has 0 aromatic heterocycles. The predicted molar refractivity (Wildman–Crippen MR) is 55.7 cm³/mol. The number of carbonyl (C=O) groups excluding carboxylic acids is 1. The van der Waals surface area contributed by atoms with Gasteiger partial charge in [-0.1, -0.05) is 6.92 Å². The summed E-state index contributed by atoms with van der Waals surface area (Å²) >= 11 is 5.45. The van der Waals surface area contributed by atoms with Gasteiger partial charge in [-0.2, -0.15) is 0 Å². The van der Waals surface area contributed by atoms with Crippen LogP contribution in [0.2, 0.25) is 0 Å². The minimum absolute atomic E-state index is 0.100. The Bertz CT molecular complexity index is 279. The number of carbonyl (C=O) groups is 1. The molecule has 0 fully saturated rings. The van der Waals surface area contributed by atoms with Gasteiger partial charge < -0.3 is 5.32 Å². The van der Waals surface area contributed by atoms with E-state index < -0.39 is 10.0 Å². The van der Waals surface area contributed by atoms with Crippen molar-refractivity contribution in [3.63, 3.8) is 0 Å². The monoisotopic (exact) mass is 242 g/mol. The first-order valence-corrected chi connectivity index (χ1v) is 6.36. The van der Waals surface area contributed by atoms with Crippen molar-refractivity contribution in [2.45, 2.75) is 6.92 Å². The normalized spacial score (nSPS) is 13.6. The third kappa shape index (κ3) is 5.41. The molecule has 2 N–H and O–H groups in total. The van der Waals surface area contributed by atoms with E-state index in [9.17, 15) is 13.2 Å². The molecule has 0 aromatic rings. The number of hydrogen-bond donors (Lipinski definition) is 2. The van der Waals surface area contributed by atoms with Crippen LogP contribution in [0.1, 0.15) is 6.92 Å². The van der Waals surface area contributed by atoms with E-state index in [0.717, 1.165) is 0 Å². The molecule has 7 heteroatoms. The molecule has 0 aliphatic rings. The number of rotatable bonds is 6. The van der Waals surface area contributed by atoms with Gasteiger partial charge in [0.2, 0.25) is 15.9 Å². The Kier molecular flexibility index (Phi) is 6.06. The van der Waals surface area contributed by atoms with Gasteiger partial charge in [0.25, 0.3) is 0 Å². The summed E-state index contributed by atoms with van der Waals surface area (Å²) in [4.78, 5) is 11.1. The molecule has 1 unspecified atom stereocenters. The highest BCUT2D eigenvalue weighted by molar-refractivity contribution is 7.89. The van der Waals surface area contributed by atoms with Gasteiger partial charge >= 0.3 is 0 Å². The Morgan fingerprint density at radius 3 is 2.50 bits per heavy atom. The zero-order chi connectivity index (χ0) is 11.2. The molecule has 0 radical (unpaired) electrons. The lowest BCUT2D eigenvalue weighted by atomic mass is 10.2. The van der Waals surface area contributed by atoms with Gasteiger partial charge in [-0.05, 0) is 7.05 Å². The summed E-state index contributed by atoms with van der Waals surface area (Å²) in [5.74, 6) is -0.422. The van der Waals surface area contributed by atoms with Gasteiger partial charge in [0.15, 0.2) is 0 Å². The topological polar surface area (TPSA) is 75.3 Å². The number of sulfonamides is 1. The summed E-state index contributed by atoms with van der Waals surface area (Å²) in [7, 11) is -1.91. The van der Waals surface area contributed by atoms with Crippen molar-refractivity contribution in [3.8, 4) is 0 Å². The fraction of sp³-hybridized carbons (Fsp3) is 0.857. The maximum atomic E-state index is 11.1. The number of hydrogen-bond acceptors (Lipinski definition) is 3. The van der Waals surface area contributed by atoms with Crippen LogP contribution >= 0.6 is 11.6 Å². The Morgan fingerprint density at radius 1 is 1.50 bits per heavy atom. The lowest BCUT2D eigenvalue weighted by Gasteiger charge is -2.08. The first-order valence-electron chi connectivity index (χ1n) is 4.18. The third-order valence-electron chi connectivity index (χ3n) is 1.66. The van der Waals surface area contributed by atoms with Gasteiger partial charge in [-0.15, -0.1) is 11.6 Å². The number of halogens is 1. The second-order valence-electron chi connectivity index (χ2n) is 2.87. The molecule has 0 heterocycles. The van der Waals surface area contributed by atoms with Gasteiger partial charge in [-0.25, -0.2) is 13.1 Å². The molecule has 0 bridgehead atoms. The Morgan fingerprint density at radius 2 is 2.07 bits per heavy atom. The quantitative estimate of drug-likeness (QED) is 0.619. The van der Waals surface area contributed by atoms with Crippen LogP contribution in [-0.4, -0.2) is 39.6 Å². The fourth-order valence-electron chi connectivity index (χ4n) is 0.655. The van der Waals surface area contributed by atoms with Crippen molar-refractivity contribution in [1.29, 1.82) is 0 Å². The number of amides is 1. The molecule has 0 saturated carbocycles. The fourth-order valence-corrected chi connectivity index (χ4v) is 1.37. The Labute approximate surface area is 89.3 Å². The van der Waals surface area contributed by atoms with Crippen molar-refractivity contribution < 1.29 is 13.2 Å². The lowest BCUT2D eigenvalue weighted by Crippen LogP contribution is -2.36. The number of nitrogens with one attached hydrogen (secondary N) is 2. The van der Waals surface area contributed by atoms with Gasteiger partial charge in [0.05, 0.1) is 5.75 Å². The van der Waals surface area contributed by atoms with E-state index >= 15 is 0 Å². The standard InChI is InChI=1S/C7H15ClN2O3S/c1-6(5-8)7(11)10-3-4-14(12,13)9-2/h6,9H,3-5H2,1-2H3,(H,10,11). The van der Waals surface area contributed by atoms with Crippen LogP contribution in [0.15, 0.2) is 0 Å². The van der Waals surface area contributed by atoms with E-state index in [1.165, 1.54) is 7.05 Å². The van der Waals surface area contributed by atoms with Crippen LogP contribution in [0, 0.1) is 5.92 Å². The molecule has 0 aromatic carbocycles. The van der Waals surface area contributed by atoms with E-state index in [4.69, 9.17) is 11.6 Å². The largest absolute Gasteiger partial charge is 0.355 e. The molecular formula is C7H15ClN2O3S. The average Bonchev–Trinajstić information content (AvgIpc) is 2.16. The first kappa shape index (κ1) is 13.7. The van der Waals surface area contributed by atoms with Crippen molar-refractivity contribution in [1.82, 2.24) is 10.0 Å². The number of alkyl halides is 1. The minimum Gasteiger partial charge on any atom is -0.355 e. The summed E-state index contributed by atoms with van der Waals surface area (Å²) in [6.45, 7) is 1.78.